The molecule has 0 atom stereocenters. The van der Waals surface area contributed by atoms with Crippen molar-refractivity contribution in [2.45, 2.75) is 13.0 Å². The van der Waals surface area contributed by atoms with Crippen LogP contribution in [0.15, 0.2) is 65.5 Å². The highest BCUT2D eigenvalue weighted by atomic mass is 19.1. The van der Waals surface area contributed by atoms with Gasteiger partial charge in [-0.2, -0.15) is 0 Å². The van der Waals surface area contributed by atoms with Gasteiger partial charge in [-0.1, -0.05) is 36.4 Å². The average Bonchev–Trinajstić information content (AvgIpc) is 3.09. The number of benzene rings is 2. The molecule has 4 rings (SSSR count). The quantitative estimate of drug-likeness (QED) is 0.670. The molecule has 2 heterocycles. The highest BCUT2D eigenvalue weighted by Gasteiger charge is 2.20. The van der Waals surface area contributed by atoms with E-state index in [1.165, 1.54) is 35.4 Å². The summed E-state index contributed by atoms with van der Waals surface area (Å²) in [4.78, 5) is 32.0. The normalized spacial score (nSPS) is 14.7. The molecule has 2 N–H and O–H groups in total. The number of hydrogen-bond acceptors (Lipinski definition) is 3. The molecule has 0 radical (unpaired) electrons. The van der Waals surface area contributed by atoms with Gasteiger partial charge in [0.1, 0.15) is 11.5 Å². The second-order valence-electron chi connectivity index (χ2n) is 6.85. The molecule has 0 aliphatic carbocycles. The minimum atomic E-state index is -0.419. The Morgan fingerprint density at radius 1 is 1.04 bits per heavy atom. The molecule has 0 bridgehead atoms. The number of halogens is 1. The molecule has 0 amide bonds. The summed E-state index contributed by atoms with van der Waals surface area (Å²) in [7, 11) is 0. The maximum Gasteiger partial charge on any atom is 0.323 e. The minimum Gasteiger partial charge on any atom is -0.308 e. The first-order chi connectivity index (χ1) is 13.6. The Labute approximate surface area is 161 Å². The number of carbonyl (C=O) groups is 1. The van der Waals surface area contributed by atoms with Crippen LogP contribution in [0.1, 0.15) is 33.7 Å². The van der Waals surface area contributed by atoms with E-state index in [-0.39, 0.29) is 11.5 Å². The molecule has 0 unspecified atom stereocenters. The van der Waals surface area contributed by atoms with Crippen LogP contribution in [0.3, 0.4) is 0 Å². The van der Waals surface area contributed by atoms with E-state index in [1.807, 2.05) is 18.2 Å². The zero-order valence-corrected chi connectivity index (χ0v) is 15.2. The van der Waals surface area contributed by atoms with Crippen molar-refractivity contribution in [1.82, 2.24) is 14.9 Å². The summed E-state index contributed by atoms with van der Waals surface area (Å²) >= 11 is 0. The molecule has 6 heteroatoms. The van der Waals surface area contributed by atoms with Crippen LogP contribution in [0.4, 0.5) is 4.39 Å². The maximum absolute atomic E-state index is 13.1. The van der Waals surface area contributed by atoms with Gasteiger partial charge < -0.3 is 9.97 Å². The topological polar surface area (TPSA) is 69.0 Å². The summed E-state index contributed by atoms with van der Waals surface area (Å²) in [5, 5.41) is 0. The third-order valence-electron chi connectivity index (χ3n) is 4.96. The molecular formula is C22H20FN3O2. The Morgan fingerprint density at radius 2 is 1.79 bits per heavy atom. The molecule has 1 aliphatic rings. The van der Waals surface area contributed by atoms with Gasteiger partial charge in [-0.3, -0.25) is 9.69 Å². The van der Waals surface area contributed by atoms with Crippen LogP contribution < -0.4 is 5.69 Å². The van der Waals surface area contributed by atoms with E-state index in [4.69, 9.17) is 0 Å². The van der Waals surface area contributed by atoms with Crippen molar-refractivity contribution in [3.05, 3.63) is 99.5 Å². The molecule has 0 saturated heterocycles. The highest BCUT2D eigenvalue weighted by molar-refractivity contribution is 6.08. The van der Waals surface area contributed by atoms with E-state index in [9.17, 15) is 14.0 Å². The Bertz CT molecular complexity index is 1070. The number of ketones is 1. The fraction of sp³-hybridized carbons (Fsp3) is 0.182. The molecule has 3 aromatic rings. The van der Waals surface area contributed by atoms with Crippen molar-refractivity contribution in [3.8, 4) is 0 Å². The lowest BCUT2D eigenvalue weighted by atomic mass is 9.99. The van der Waals surface area contributed by atoms with Gasteiger partial charge in [-0.15, -0.1) is 0 Å². The zero-order chi connectivity index (χ0) is 19.5. The zero-order valence-electron chi connectivity index (χ0n) is 15.2. The maximum atomic E-state index is 13.1. The predicted octanol–water partition coefficient (Wildman–Crippen LogP) is 3.36. The van der Waals surface area contributed by atoms with Crippen LogP contribution in [0, 0.1) is 5.82 Å². The van der Waals surface area contributed by atoms with Gasteiger partial charge in [0.25, 0.3) is 0 Å². The molecule has 0 fully saturated rings. The summed E-state index contributed by atoms with van der Waals surface area (Å²) in [6, 6.07) is 15.6. The first-order valence-corrected chi connectivity index (χ1v) is 9.18. The summed E-state index contributed by atoms with van der Waals surface area (Å²) < 4.78 is 13.1. The Morgan fingerprint density at radius 3 is 2.46 bits per heavy atom. The van der Waals surface area contributed by atoms with Crippen molar-refractivity contribution in [2.75, 3.05) is 13.1 Å². The summed E-state index contributed by atoms with van der Waals surface area (Å²) in [6.07, 6.45) is 3.09. The van der Waals surface area contributed by atoms with Crippen LogP contribution >= 0.6 is 0 Å². The third-order valence-corrected chi connectivity index (χ3v) is 4.96. The van der Waals surface area contributed by atoms with Crippen molar-refractivity contribution in [3.63, 3.8) is 0 Å². The fourth-order valence-electron chi connectivity index (χ4n) is 3.47. The monoisotopic (exact) mass is 377 g/mol. The van der Waals surface area contributed by atoms with Crippen molar-refractivity contribution in [1.29, 1.82) is 0 Å². The average molecular weight is 377 g/mol. The largest absolute Gasteiger partial charge is 0.323 e. The molecule has 142 valence electrons. The van der Waals surface area contributed by atoms with Crippen LogP contribution in [0.25, 0.3) is 5.57 Å². The number of aromatic amines is 2. The number of aromatic nitrogens is 2. The van der Waals surface area contributed by atoms with E-state index in [0.717, 1.165) is 19.5 Å². The Balaban J connectivity index is 1.50. The Hall–Kier alpha value is -3.25. The highest BCUT2D eigenvalue weighted by Crippen LogP contribution is 2.23. The summed E-state index contributed by atoms with van der Waals surface area (Å²) in [5.41, 5.74) is 3.23. The standard InChI is InChI=1S/C22H20FN3O2/c23-18-8-6-17(7-9-18)21(27)20-19(24-22(28)25-20)14-26-12-10-16(11-13-26)15-4-2-1-3-5-15/h1-10H,11-14H2,(H2,24,25,28). The van der Waals surface area contributed by atoms with E-state index in [1.54, 1.807) is 0 Å². The number of hydrogen-bond donors (Lipinski definition) is 2. The second kappa shape index (κ2) is 7.78. The number of imidazole rings is 1. The number of H-pyrrole nitrogens is 2. The van der Waals surface area contributed by atoms with Crippen molar-refractivity contribution >= 4 is 11.4 Å². The number of rotatable bonds is 5. The van der Waals surface area contributed by atoms with Crippen LogP contribution in [-0.2, 0) is 6.54 Å². The molecule has 0 spiro atoms. The third kappa shape index (κ3) is 3.87. The van der Waals surface area contributed by atoms with Gasteiger partial charge in [0, 0.05) is 25.2 Å². The lowest BCUT2D eigenvalue weighted by Gasteiger charge is -2.26. The lowest BCUT2D eigenvalue weighted by molar-refractivity contribution is 0.103. The van der Waals surface area contributed by atoms with Gasteiger partial charge in [-0.25, -0.2) is 9.18 Å². The molecule has 5 nitrogen and oxygen atoms in total. The van der Waals surface area contributed by atoms with E-state index < -0.39 is 11.5 Å². The smallest absolute Gasteiger partial charge is 0.308 e. The molecule has 28 heavy (non-hydrogen) atoms. The van der Waals surface area contributed by atoms with Gasteiger partial charge in [-0.05, 0) is 41.8 Å². The second-order valence-corrected chi connectivity index (χ2v) is 6.85. The summed E-state index contributed by atoms with van der Waals surface area (Å²) in [5.74, 6) is -0.737. The number of carbonyl (C=O) groups excluding carboxylic acids is 1. The van der Waals surface area contributed by atoms with Gasteiger partial charge in [0.05, 0.1) is 5.69 Å². The first-order valence-electron chi connectivity index (χ1n) is 9.18. The lowest BCUT2D eigenvalue weighted by Crippen LogP contribution is -2.29. The molecule has 1 aliphatic heterocycles. The fourth-order valence-corrected chi connectivity index (χ4v) is 3.47. The van der Waals surface area contributed by atoms with E-state index in [0.29, 0.717) is 17.8 Å². The van der Waals surface area contributed by atoms with E-state index in [2.05, 4.69) is 33.1 Å². The molecule has 0 saturated carbocycles. The molecule has 2 aromatic carbocycles. The van der Waals surface area contributed by atoms with Gasteiger partial charge in [0.15, 0.2) is 0 Å². The first kappa shape index (κ1) is 18.1. The molecule has 1 aromatic heterocycles. The predicted molar refractivity (Wildman–Crippen MR) is 106 cm³/mol. The van der Waals surface area contributed by atoms with Crippen molar-refractivity contribution < 1.29 is 9.18 Å². The number of nitrogens with zero attached hydrogens (tertiary/aromatic N) is 1. The number of nitrogens with one attached hydrogen (secondary N) is 2. The minimum absolute atomic E-state index is 0.231. The van der Waals surface area contributed by atoms with Crippen LogP contribution in [0.5, 0.6) is 0 Å². The molecular weight excluding hydrogens is 357 g/mol. The van der Waals surface area contributed by atoms with Gasteiger partial charge >= 0.3 is 5.69 Å². The van der Waals surface area contributed by atoms with Crippen LogP contribution in [-0.4, -0.2) is 33.7 Å². The van der Waals surface area contributed by atoms with E-state index >= 15 is 0 Å². The van der Waals surface area contributed by atoms with Gasteiger partial charge in [0.2, 0.25) is 5.78 Å². The van der Waals surface area contributed by atoms with Crippen LogP contribution in [0.2, 0.25) is 0 Å². The summed E-state index contributed by atoms with van der Waals surface area (Å²) in [6.45, 7) is 2.03. The Kier molecular flexibility index (Phi) is 5.04. The SMILES string of the molecule is O=C(c1ccc(F)cc1)c1[nH]c(=O)[nH]c1CN1CC=C(c2ccccc2)CC1. The van der Waals surface area contributed by atoms with Crippen molar-refractivity contribution in [2.24, 2.45) is 0 Å².